The zero-order valence-electron chi connectivity index (χ0n) is 8.39. The molecule has 3 heteroatoms. The van der Waals surface area contributed by atoms with Gasteiger partial charge in [0.25, 0.3) is 0 Å². The SMILES string of the molecule is c1ccc(-c2cc3n(n2)CCCO3)cc1. The number of aromatic nitrogens is 2. The molecule has 0 N–H and O–H groups in total. The first-order valence-corrected chi connectivity index (χ1v) is 5.19. The molecule has 1 aromatic heterocycles. The van der Waals surface area contributed by atoms with E-state index in [4.69, 9.17) is 4.74 Å². The Morgan fingerprint density at radius 1 is 1.20 bits per heavy atom. The number of hydrogen-bond donors (Lipinski definition) is 0. The lowest BCUT2D eigenvalue weighted by Gasteiger charge is -2.13. The average Bonchev–Trinajstić information content (AvgIpc) is 2.74. The predicted octanol–water partition coefficient (Wildman–Crippen LogP) is 2.33. The summed E-state index contributed by atoms with van der Waals surface area (Å²) in [5, 5.41) is 4.51. The molecule has 3 rings (SSSR count). The molecule has 0 radical (unpaired) electrons. The number of aryl methyl sites for hydroxylation is 1. The summed E-state index contributed by atoms with van der Waals surface area (Å²) in [5.41, 5.74) is 2.13. The predicted molar refractivity (Wildman–Crippen MR) is 57.8 cm³/mol. The molecular weight excluding hydrogens is 188 g/mol. The third kappa shape index (κ3) is 1.50. The third-order valence-electron chi connectivity index (χ3n) is 2.58. The maximum absolute atomic E-state index is 5.53. The smallest absolute Gasteiger partial charge is 0.212 e. The highest BCUT2D eigenvalue weighted by Crippen LogP contribution is 2.25. The quantitative estimate of drug-likeness (QED) is 0.706. The number of benzene rings is 1. The van der Waals surface area contributed by atoms with Crippen LogP contribution >= 0.6 is 0 Å². The molecule has 1 aliphatic rings. The molecule has 1 aliphatic heterocycles. The molecular formula is C12H12N2O. The standard InChI is InChI=1S/C12H12N2O/c1-2-5-10(6-3-1)11-9-12-14(13-11)7-4-8-15-12/h1-3,5-6,9H,4,7-8H2. The fraction of sp³-hybridized carbons (Fsp3) is 0.250. The summed E-state index contributed by atoms with van der Waals surface area (Å²) in [4.78, 5) is 0. The minimum absolute atomic E-state index is 0.805. The minimum Gasteiger partial charge on any atom is -0.478 e. The van der Waals surface area contributed by atoms with Gasteiger partial charge < -0.3 is 4.74 Å². The molecule has 0 unspecified atom stereocenters. The molecule has 15 heavy (non-hydrogen) atoms. The summed E-state index contributed by atoms with van der Waals surface area (Å²) in [6.07, 6.45) is 1.04. The van der Waals surface area contributed by atoms with Crippen molar-refractivity contribution < 1.29 is 4.74 Å². The molecule has 0 bridgehead atoms. The highest BCUT2D eigenvalue weighted by Gasteiger charge is 2.13. The van der Waals surface area contributed by atoms with Crippen molar-refractivity contribution in [1.82, 2.24) is 9.78 Å². The lowest BCUT2D eigenvalue weighted by Crippen LogP contribution is -2.14. The largest absolute Gasteiger partial charge is 0.478 e. The van der Waals surface area contributed by atoms with E-state index in [0.29, 0.717) is 0 Å². The molecule has 0 saturated heterocycles. The molecule has 0 fully saturated rings. The van der Waals surface area contributed by atoms with Crippen LogP contribution in [0, 0.1) is 0 Å². The van der Waals surface area contributed by atoms with Gasteiger partial charge >= 0.3 is 0 Å². The Labute approximate surface area is 88.3 Å². The van der Waals surface area contributed by atoms with Gasteiger partial charge in [-0.15, -0.1) is 0 Å². The fourth-order valence-electron chi connectivity index (χ4n) is 1.82. The molecule has 0 aliphatic carbocycles. The van der Waals surface area contributed by atoms with E-state index in [1.54, 1.807) is 0 Å². The van der Waals surface area contributed by atoms with Crippen molar-refractivity contribution in [3.63, 3.8) is 0 Å². The molecule has 76 valence electrons. The zero-order valence-corrected chi connectivity index (χ0v) is 8.39. The van der Waals surface area contributed by atoms with Crippen molar-refractivity contribution >= 4 is 0 Å². The number of rotatable bonds is 1. The van der Waals surface area contributed by atoms with Crippen LogP contribution in [-0.4, -0.2) is 16.4 Å². The van der Waals surface area contributed by atoms with E-state index in [1.165, 1.54) is 0 Å². The maximum Gasteiger partial charge on any atom is 0.212 e. The molecule has 0 atom stereocenters. The normalized spacial score (nSPS) is 14.4. The van der Waals surface area contributed by atoms with Crippen LogP contribution in [0.15, 0.2) is 36.4 Å². The number of fused-ring (bicyclic) bond motifs is 1. The van der Waals surface area contributed by atoms with Crippen LogP contribution < -0.4 is 4.74 Å². The number of nitrogens with zero attached hydrogens (tertiary/aromatic N) is 2. The topological polar surface area (TPSA) is 27.1 Å². The Balaban J connectivity index is 2.03. The summed E-state index contributed by atoms with van der Waals surface area (Å²) in [6.45, 7) is 1.77. The highest BCUT2D eigenvalue weighted by molar-refractivity contribution is 5.59. The van der Waals surface area contributed by atoms with Crippen molar-refractivity contribution in [3.05, 3.63) is 36.4 Å². The average molecular weight is 200 g/mol. The van der Waals surface area contributed by atoms with Crippen molar-refractivity contribution in [2.45, 2.75) is 13.0 Å². The monoisotopic (exact) mass is 200 g/mol. The first-order valence-electron chi connectivity index (χ1n) is 5.19. The summed E-state index contributed by atoms with van der Waals surface area (Å²) in [7, 11) is 0. The van der Waals surface area contributed by atoms with E-state index in [0.717, 1.165) is 36.7 Å². The maximum atomic E-state index is 5.53. The second-order valence-corrected chi connectivity index (χ2v) is 3.66. The van der Waals surface area contributed by atoms with E-state index in [1.807, 2.05) is 28.9 Å². The number of ether oxygens (including phenoxy) is 1. The molecule has 1 aromatic carbocycles. The van der Waals surface area contributed by atoms with Crippen LogP contribution in [0.4, 0.5) is 0 Å². The van der Waals surface area contributed by atoms with Gasteiger partial charge in [0.15, 0.2) is 0 Å². The molecule has 0 amide bonds. The Kier molecular flexibility index (Phi) is 1.95. The Morgan fingerprint density at radius 2 is 2.07 bits per heavy atom. The van der Waals surface area contributed by atoms with E-state index in [9.17, 15) is 0 Å². The first kappa shape index (κ1) is 8.53. The zero-order chi connectivity index (χ0) is 10.1. The summed E-state index contributed by atoms with van der Waals surface area (Å²) >= 11 is 0. The van der Waals surface area contributed by atoms with Crippen LogP contribution in [0.1, 0.15) is 6.42 Å². The first-order chi connectivity index (χ1) is 7.43. The van der Waals surface area contributed by atoms with Gasteiger partial charge in [-0.2, -0.15) is 5.10 Å². The lowest BCUT2D eigenvalue weighted by molar-refractivity contribution is 0.230. The van der Waals surface area contributed by atoms with Crippen LogP contribution in [0.3, 0.4) is 0 Å². The van der Waals surface area contributed by atoms with Gasteiger partial charge in [-0.05, 0) is 0 Å². The Bertz CT molecular complexity index is 438. The van der Waals surface area contributed by atoms with E-state index in [2.05, 4.69) is 17.2 Å². The van der Waals surface area contributed by atoms with Crippen LogP contribution in [0.25, 0.3) is 11.3 Å². The van der Waals surface area contributed by atoms with Crippen molar-refractivity contribution in [3.8, 4) is 17.1 Å². The van der Waals surface area contributed by atoms with Crippen molar-refractivity contribution in [2.24, 2.45) is 0 Å². The van der Waals surface area contributed by atoms with Gasteiger partial charge in [0, 0.05) is 24.6 Å². The van der Waals surface area contributed by atoms with Crippen LogP contribution in [-0.2, 0) is 6.54 Å². The van der Waals surface area contributed by atoms with Gasteiger partial charge in [0.1, 0.15) is 0 Å². The van der Waals surface area contributed by atoms with Gasteiger partial charge in [-0.1, -0.05) is 30.3 Å². The van der Waals surface area contributed by atoms with E-state index >= 15 is 0 Å². The van der Waals surface area contributed by atoms with Crippen LogP contribution in [0.2, 0.25) is 0 Å². The highest BCUT2D eigenvalue weighted by atomic mass is 16.5. The molecule has 3 nitrogen and oxygen atoms in total. The molecule has 2 heterocycles. The van der Waals surface area contributed by atoms with E-state index in [-0.39, 0.29) is 0 Å². The van der Waals surface area contributed by atoms with Crippen molar-refractivity contribution in [1.29, 1.82) is 0 Å². The van der Waals surface area contributed by atoms with Crippen molar-refractivity contribution in [2.75, 3.05) is 6.61 Å². The fourth-order valence-corrected chi connectivity index (χ4v) is 1.82. The molecule has 0 saturated carbocycles. The lowest BCUT2D eigenvalue weighted by atomic mass is 10.2. The molecule has 2 aromatic rings. The Hall–Kier alpha value is -1.77. The van der Waals surface area contributed by atoms with Gasteiger partial charge in [0.2, 0.25) is 5.88 Å². The van der Waals surface area contributed by atoms with E-state index < -0.39 is 0 Å². The van der Waals surface area contributed by atoms with Gasteiger partial charge in [-0.3, -0.25) is 0 Å². The Morgan fingerprint density at radius 3 is 2.87 bits per heavy atom. The molecule has 0 spiro atoms. The second kappa shape index (κ2) is 3.42. The summed E-state index contributed by atoms with van der Waals surface area (Å²) in [6, 6.07) is 12.2. The summed E-state index contributed by atoms with van der Waals surface area (Å²) in [5.74, 6) is 0.889. The summed E-state index contributed by atoms with van der Waals surface area (Å²) < 4.78 is 7.46. The number of hydrogen-bond acceptors (Lipinski definition) is 2. The minimum atomic E-state index is 0.805. The van der Waals surface area contributed by atoms with Gasteiger partial charge in [0.05, 0.1) is 12.3 Å². The van der Waals surface area contributed by atoms with Crippen LogP contribution in [0.5, 0.6) is 5.88 Å². The van der Waals surface area contributed by atoms with Gasteiger partial charge in [-0.25, -0.2) is 4.68 Å². The second-order valence-electron chi connectivity index (χ2n) is 3.66. The third-order valence-corrected chi connectivity index (χ3v) is 2.58.